The van der Waals surface area contributed by atoms with Gasteiger partial charge in [0.05, 0.1) is 18.5 Å². The van der Waals surface area contributed by atoms with Crippen LogP contribution in [0.3, 0.4) is 0 Å². The van der Waals surface area contributed by atoms with Crippen molar-refractivity contribution in [2.45, 2.75) is 38.0 Å². The molecule has 0 aromatic carbocycles. The van der Waals surface area contributed by atoms with Crippen LogP contribution < -0.4 is 10.5 Å². The Morgan fingerprint density at radius 1 is 1.38 bits per heavy atom. The third-order valence-corrected chi connectivity index (χ3v) is 3.82. The molecule has 1 aromatic rings. The fourth-order valence-corrected chi connectivity index (χ4v) is 2.98. The summed E-state index contributed by atoms with van der Waals surface area (Å²) in [6.45, 7) is 0. The van der Waals surface area contributed by atoms with Gasteiger partial charge in [-0.25, -0.2) is 4.98 Å². The average molecular weight is 285 g/mol. The van der Waals surface area contributed by atoms with E-state index in [1.54, 1.807) is 7.11 Å². The molecule has 0 aliphatic heterocycles. The molecule has 0 radical (unpaired) electrons. The number of hydrogen-bond acceptors (Lipinski definition) is 3. The Kier molecular flexibility index (Phi) is 3.69. The van der Waals surface area contributed by atoms with E-state index < -0.39 is 0 Å². The second-order valence-electron chi connectivity index (χ2n) is 4.29. The molecular weight excluding hydrogens is 268 g/mol. The molecule has 1 aliphatic rings. The van der Waals surface area contributed by atoms with Gasteiger partial charge in [-0.2, -0.15) is 0 Å². The van der Waals surface area contributed by atoms with Crippen LogP contribution in [0.1, 0.15) is 43.7 Å². The maximum absolute atomic E-state index is 5.81. The standard InChI is InChI=1S/C12H17BrN2O/c1-16-12-10(14)7-9(13)11(15-12)8-5-3-2-4-6-8/h7-8H,2-6,14H2,1H3. The van der Waals surface area contributed by atoms with E-state index in [0.717, 1.165) is 10.2 Å². The Morgan fingerprint density at radius 2 is 2.06 bits per heavy atom. The monoisotopic (exact) mass is 284 g/mol. The number of ether oxygens (including phenoxy) is 1. The summed E-state index contributed by atoms with van der Waals surface area (Å²) in [6, 6.07) is 1.90. The number of nitrogens with two attached hydrogens (primary N) is 1. The average Bonchev–Trinajstić information content (AvgIpc) is 2.30. The molecule has 16 heavy (non-hydrogen) atoms. The predicted molar refractivity (Wildman–Crippen MR) is 68.7 cm³/mol. The molecule has 1 aliphatic carbocycles. The predicted octanol–water partition coefficient (Wildman–Crippen LogP) is 3.48. The zero-order valence-corrected chi connectivity index (χ0v) is 11.1. The van der Waals surface area contributed by atoms with Crippen LogP contribution in [0.25, 0.3) is 0 Å². The maximum Gasteiger partial charge on any atom is 0.237 e. The van der Waals surface area contributed by atoms with Crippen molar-refractivity contribution in [3.05, 3.63) is 16.2 Å². The van der Waals surface area contributed by atoms with Crippen molar-refractivity contribution in [2.75, 3.05) is 12.8 Å². The van der Waals surface area contributed by atoms with E-state index in [-0.39, 0.29) is 0 Å². The number of aromatic nitrogens is 1. The van der Waals surface area contributed by atoms with Crippen molar-refractivity contribution in [3.63, 3.8) is 0 Å². The van der Waals surface area contributed by atoms with Crippen molar-refractivity contribution in [1.82, 2.24) is 4.98 Å². The Morgan fingerprint density at radius 3 is 2.69 bits per heavy atom. The minimum absolute atomic E-state index is 0.545. The molecule has 2 rings (SSSR count). The fraction of sp³-hybridized carbons (Fsp3) is 0.583. The van der Waals surface area contributed by atoms with E-state index in [1.165, 1.54) is 32.1 Å². The van der Waals surface area contributed by atoms with Crippen LogP contribution in [0.5, 0.6) is 5.88 Å². The number of nitrogen functional groups attached to an aromatic ring is 1. The summed E-state index contributed by atoms with van der Waals surface area (Å²) in [5.41, 5.74) is 7.51. The molecule has 0 spiro atoms. The summed E-state index contributed by atoms with van der Waals surface area (Å²) in [7, 11) is 1.61. The van der Waals surface area contributed by atoms with Crippen molar-refractivity contribution in [3.8, 4) is 5.88 Å². The third-order valence-electron chi connectivity index (χ3n) is 3.18. The normalized spacial score (nSPS) is 17.4. The summed E-state index contributed by atoms with van der Waals surface area (Å²) in [4.78, 5) is 4.52. The number of methoxy groups -OCH3 is 1. The van der Waals surface area contributed by atoms with Crippen LogP contribution in [0.15, 0.2) is 10.5 Å². The Bertz CT molecular complexity index is 376. The molecule has 0 atom stereocenters. The van der Waals surface area contributed by atoms with E-state index >= 15 is 0 Å². The molecule has 1 heterocycles. The van der Waals surface area contributed by atoms with E-state index in [4.69, 9.17) is 10.5 Å². The molecule has 4 heteroatoms. The SMILES string of the molecule is COc1nc(C2CCCCC2)c(Br)cc1N. The van der Waals surface area contributed by atoms with E-state index in [1.807, 2.05) is 6.07 Å². The zero-order valence-electron chi connectivity index (χ0n) is 9.50. The first-order valence-electron chi connectivity index (χ1n) is 5.72. The highest BCUT2D eigenvalue weighted by Crippen LogP contribution is 2.37. The lowest BCUT2D eigenvalue weighted by atomic mass is 9.86. The highest BCUT2D eigenvalue weighted by Gasteiger charge is 2.20. The van der Waals surface area contributed by atoms with Crippen LogP contribution >= 0.6 is 15.9 Å². The summed E-state index contributed by atoms with van der Waals surface area (Å²) >= 11 is 3.55. The smallest absolute Gasteiger partial charge is 0.237 e. The van der Waals surface area contributed by atoms with Crippen molar-refractivity contribution in [2.24, 2.45) is 0 Å². The van der Waals surface area contributed by atoms with Crippen LogP contribution in [0.4, 0.5) is 5.69 Å². The molecular formula is C12H17BrN2O. The first-order chi connectivity index (χ1) is 7.72. The van der Waals surface area contributed by atoms with Gasteiger partial charge in [0.2, 0.25) is 5.88 Å². The number of hydrogen-bond donors (Lipinski definition) is 1. The maximum atomic E-state index is 5.81. The van der Waals surface area contributed by atoms with Gasteiger partial charge in [0.25, 0.3) is 0 Å². The first kappa shape index (κ1) is 11.7. The largest absolute Gasteiger partial charge is 0.480 e. The van der Waals surface area contributed by atoms with Crippen LogP contribution in [0.2, 0.25) is 0 Å². The number of rotatable bonds is 2. The Hall–Kier alpha value is -0.770. The van der Waals surface area contributed by atoms with Gasteiger partial charge in [0.15, 0.2) is 0 Å². The minimum Gasteiger partial charge on any atom is -0.480 e. The molecule has 1 aromatic heterocycles. The lowest BCUT2D eigenvalue weighted by Gasteiger charge is -2.22. The summed E-state index contributed by atoms with van der Waals surface area (Å²) in [5.74, 6) is 1.10. The number of anilines is 1. The van der Waals surface area contributed by atoms with Gasteiger partial charge in [0, 0.05) is 10.4 Å². The second kappa shape index (κ2) is 5.04. The third kappa shape index (κ3) is 2.32. The molecule has 88 valence electrons. The van der Waals surface area contributed by atoms with Gasteiger partial charge in [-0.05, 0) is 34.8 Å². The zero-order chi connectivity index (χ0) is 11.5. The molecule has 3 nitrogen and oxygen atoms in total. The molecule has 1 fully saturated rings. The van der Waals surface area contributed by atoms with Crippen molar-refractivity contribution < 1.29 is 4.74 Å². The van der Waals surface area contributed by atoms with Gasteiger partial charge in [0.1, 0.15) is 0 Å². The van der Waals surface area contributed by atoms with Gasteiger partial charge in [-0.1, -0.05) is 19.3 Å². The quantitative estimate of drug-likeness (QED) is 0.905. The number of halogens is 1. The Labute approximate surface area is 105 Å². The molecule has 0 amide bonds. The van der Waals surface area contributed by atoms with Crippen molar-refractivity contribution in [1.29, 1.82) is 0 Å². The molecule has 0 unspecified atom stereocenters. The van der Waals surface area contributed by atoms with E-state index in [0.29, 0.717) is 17.5 Å². The molecule has 1 saturated carbocycles. The summed E-state index contributed by atoms with van der Waals surface area (Å²) in [6.07, 6.45) is 6.38. The lowest BCUT2D eigenvalue weighted by molar-refractivity contribution is 0.389. The first-order valence-corrected chi connectivity index (χ1v) is 6.51. The highest BCUT2D eigenvalue weighted by atomic mass is 79.9. The summed E-state index contributed by atoms with van der Waals surface area (Å²) in [5, 5.41) is 0. The van der Waals surface area contributed by atoms with Gasteiger partial charge < -0.3 is 10.5 Å². The topological polar surface area (TPSA) is 48.1 Å². The fourth-order valence-electron chi connectivity index (χ4n) is 2.33. The van der Waals surface area contributed by atoms with Crippen LogP contribution in [-0.2, 0) is 0 Å². The minimum atomic E-state index is 0.545. The molecule has 0 bridgehead atoms. The van der Waals surface area contributed by atoms with Crippen LogP contribution in [0, 0.1) is 0 Å². The van der Waals surface area contributed by atoms with Gasteiger partial charge in [-0.3, -0.25) is 0 Å². The second-order valence-corrected chi connectivity index (χ2v) is 5.14. The highest BCUT2D eigenvalue weighted by molar-refractivity contribution is 9.10. The Balaban J connectivity index is 2.31. The van der Waals surface area contributed by atoms with Gasteiger partial charge in [-0.15, -0.1) is 0 Å². The number of nitrogens with zero attached hydrogens (tertiary/aromatic N) is 1. The number of pyridine rings is 1. The van der Waals surface area contributed by atoms with Crippen molar-refractivity contribution >= 4 is 21.6 Å². The van der Waals surface area contributed by atoms with E-state index in [9.17, 15) is 0 Å². The molecule has 0 saturated heterocycles. The molecule has 2 N–H and O–H groups in total. The lowest BCUT2D eigenvalue weighted by Crippen LogP contribution is -2.09. The van der Waals surface area contributed by atoms with Crippen LogP contribution in [-0.4, -0.2) is 12.1 Å². The van der Waals surface area contributed by atoms with Gasteiger partial charge >= 0.3 is 0 Å². The summed E-state index contributed by atoms with van der Waals surface area (Å²) < 4.78 is 6.19. The van der Waals surface area contributed by atoms with E-state index in [2.05, 4.69) is 20.9 Å².